The lowest BCUT2D eigenvalue weighted by Gasteiger charge is -2.44. The van der Waals surface area contributed by atoms with Gasteiger partial charge in [0.25, 0.3) is 0 Å². The predicted octanol–water partition coefficient (Wildman–Crippen LogP) is 4.25. The number of hydrogen-bond donors (Lipinski definition) is 0. The van der Waals surface area contributed by atoms with Crippen molar-refractivity contribution in [2.24, 2.45) is 0 Å². The van der Waals surface area contributed by atoms with Gasteiger partial charge in [0.2, 0.25) is 15.9 Å². The number of piperazine rings is 1. The molecule has 1 unspecified atom stereocenters. The largest absolute Gasteiger partial charge is 0.335 e. The number of rotatable bonds is 7. The van der Waals surface area contributed by atoms with Gasteiger partial charge in [0, 0.05) is 19.0 Å². The van der Waals surface area contributed by atoms with Crippen molar-refractivity contribution in [1.29, 1.82) is 0 Å². The topological polar surface area (TPSA) is 57.7 Å². The van der Waals surface area contributed by atoms with Crippen LogP contribution < -0.4 is 0 Å². The molecule has 0 radical (unpaired) electrons. The van der Waals surface area contributed by atoms with E-state index in [1.807, 2.05) is 67.6 Å². The molecule has 33 heavy (non-hydrogen) atoms. The average Bonchev–Trinajstić information content (AvgIpc) is 2.83. The number of benzene rings is 3. The molecule has 1 heterocycles. The average molecular weight is 483 g/mol. The zero-order valence-electron chi connectivity index (χ0n) is 18.5. The lowest BCUT2D eigenvalue weighted by atomic mass is 10.0. The van der Waals surface area contributed by atoms with Crippen molar-refractivity contribution < 1.29 is 13.2 Å². The van der Waals surface area contributed by atoms with E-state index >= 15 is 0 Å². The summed E-state index contributed by atoms with van der Waals surface area (Å²) in [5.74, 6) is -0.116. The van der Waals surface area contributed by atoms with Gasteiger partial charge in [-0.25, -0.2) is 8.42 Å². The van der Waals surface area contributed by atoms with Crippen LogP contribution in [0.5, 0.6) is 0 Å². The van der Waals surface area contributed by atoms with Crippen LogP contribution in [0.25, 0.3) is 0 Å². The molecule has 7 heteroatoms. The molecule has 0 saturated carbocycles. The summed E-state index contributed by atoms with van der Waals surface area (Å²) in [5.41, 5.74) is 2.86. The second kappa shape index (κ2) is 10.1. The van der Waals surface area contributed by atoms with Crippen LogP contribution in [0.4, 0.5) is 0 Å². The smallest absolute Gasteiger partial charge is 0.244 e. The first-order valence-electron chi connectivity index (χ1n) is 10.9. The van der Waals surface area contributed by atoms with Gasteiger partial charge in [-0.3, -0.25) is 4.79 Å². The Labute approximate surface area is 200 Å². The van der Waals surface area contributed by atoms with Gasteiger partial charge in [0.1, 0.15) is 6.04 Å². The lowest BCUT2D eigenvalue weighted by Crippen LogP contribution is -2.64. The minimum atomic E-state index is -3.94. The van der Waals surface area contributed by atoms with E-state index in [4.69, 9.17) is 11.6 Å². The van der Waals surface area contributed by atoms with Crippen LogP contribution in [0.3, 0.4) is 0 Å². The number of carbonyl (C=O) groups excluding carboxylic acids is 1. The third kappa shape index (κ3) is 5.13. The molecule has 0 bridgehead atoms. The Morgan fingerprint density at radius 1 is 0.879 bits per heavy atom. The number of hydrogen-bond acceptors (Lipinski definition) is 3. The molecule has 0 aromatic heterocycles. The van der Waals surface area contributed by atoms with Gasteiger partial charge in [-0.15, -0.1) is 11.6 Å². The quantitative estimate of drug-likeness (QED) is 0.473. The fourth-order valence-corrected chi connectivity index (χ4v) is 6.36. The van der Waals surface area contributed by atoms with Gasteiger partial charge >= 0.3 is 0 Å². The molecule has 1 amide bonds. The summed E-state index contributed by atoms with van der Waals surface area (Å²) in [6.45, 7) is 2.56. The Hall–Kier alpha value is -2.67. The lowest BCUT2D eigenvalue weighted by molar-refractivity contribution is -0.141. The summed E-state index contributed by atoms with van der Waals surface area (Å²) in [5, 5.41) is 0. The molecule has 1 aliphatic heterocycles. The van der Waals surface area contributed by atoms with Gasteiger partial charge in [0.15, 0.2) is 0 Å². The molecule has 0 N–H and O–H groups in total. The molecular weight excluding hydrogens is 456 g/mol. The molecule has 1 aliphatic rings. The first kappa shape index (κ1) is 23.5. The highest BCUT2D eigenvalue weighted by atomic mass is 35.5. The van der Waals surface area contributed by atoms with Crippen molar-refractivity contribution in [2.45, 2.75) is 36.9 Å². The maximum absolute atomic E-state index is 13.8. The number of halogens is 1. The van der Waals surface area contributed by atoms with E-state index in [-0.39, 0.29) is 29.6 Å². The highest BCUT2D eigenvalue weighted by Gasteiger charge is 2.46. The molecule has 1 saturated heterocycles. The molecule has 5 nitrogen and oxygen atoms in total. The van der Waals surface area contributed by atoms with Crippen LogP contribution in [-0.2, 0) is 27.8 Å². The van der Waals surface area contributed by atoms with Crippen molar-refractivity contribution >= 4 is 27.5 Å². The Balaban J connectivity index is 1.74. The van der Waals surface area contributed by atoms with Gasteiger partial charge in [-0.1, -0.05) is 78.4 Å². The summed E-state index contributed by atoms with van der Waals surface area (Å²) in [7, 11) is -3.94. The van der Waals surface area contributed by atoms with Crippen molar-refractivity contribution in [2.75, 3.05) is 12.4 Å². The summed E-state index contributed by atoms with van der Waals surface area (Å²) in [6, 6.07) is 24.5. The van der Waals surface area contributed by atoms with E-state index in [1.54, 1.807) is 29.2 Å². The van der Waals surface area contributed by atoms with Crippen LogP contribution >= 0.6 is 11.6 Å². The highest BCUT2D eigenvalue weighted by molar-refractivity contribution is 7.89. The number of aryl methyl sites for hydroxylation is 1. The summed E-state index contributed by atoms with van der Waals surface area (Å²) < 4.78 is 28.9. The van der Waals surface area contributed by atoms with E-state index in [9.17, 15) is 13.2 Å². The SMILES string of the molecule is Cc1ccc(S(=O)(=O)N2C(CCl)CN(Cc3ccccc3)C(=O)[C@@H]2Cc2ccccc2)cc1. The van der Waals surface area contributed by atoms with Crippen LogP contribution in [0, 0.1) is 6.92 Å². The Morgan fingerprint density at radius 2 is 1.45 bits per heavy atom. The van der Waals surface area contributed by atoms with Crippen LogP contribution in [-0.4, -0.2) is 48.0 Å². The Kier molecular flexibility index (Phi) is 7.17. The Morgan fingerprint density at radius 3 is 2.03 bits per heavy atom. The summed E-state index contributed by atoms with van der Waals surface area (Å²) >= 11 is 6.33. The fourth-order valence-electron chi connectivity index (χ4n) is 4.27. The van der Waals surface area contributed by atoms with Gasteiger partial charge in [-0.2, -0.15) is 4.31 Å². The van der Waals surface area contributed by atoms with Crippen LogP contribution in [0.15, 0.2) is 89.8 Å². The van der Waals surface area contributed by atoms with Gasteiger partial charge in [0.05, 0.1) is 10.9 Å². The summed E-state index contributed by atoms with van der Waals surface area (Å²) in [4.78, 5) is 15.6. The molecule has 172 valence electrons. The van der Waals surface area contributed by atoms with Crippen LogP contribution in [0.2, 0.25) is 0 Å². The number of alkyl halides is 1. The number of amides is 1. The molecule has 1 fully saturated rings. The van der Waals surface area contributed by atoms with Gasteiger partial charge < -0.3 is 4.90 Å². The zero-order valence-corrected chi connectivity index (χ0v) is 20.0. The number of sulfonamides is 1. The van der Waals surface area contributed by atoms with E-state index in [2.05, 4.69) is 0 Å². The maximum atomic E-state index is 13.8. The summed E-state index contributed by atoms with van der Waals surface area (Å²) in [6.07, 6.45) is 0.281. The standard InChI is InChI=1S/C26H27ClN2O3S/c1-20-12-14-24(15-13-20)33(31,32)29-23(17-27)19-28(18-22-10-6-3-7-11-22)26(30)25(29)16-21-8-4-2-5-9-21/h2-15,23,25H,16-19H2,1H3/t23?,25-/m0/s1. The normalized spacial score (nSPS) is 19.6. The molecular formula is C26H27ClN2O3S. The molecule has 3 aromatic rings. The van der Waals surface area contributed by atoms with E-state index in [0.29, 0.717) is 6.54 Å². The van der Waals surface area contributed by atoms with Crippen molar-refractivity contribution in [3.8, 4) is 0 Å². The number of carbonyl (C=O) groups is 1. The molecule has 0 spiro atoms. The second-order valence-corrected chi connectivity index (χ2v) is 10.5. The van der Waals surface area contributed by atoms with Crippen molar-refractivity contribution in [3.05, 3.63) is 102 Å². The second-order valence-electron chi connectivity index (χ2n) is 8.37. The van der Waals surface area contributed by atoms with Gasteiger partial charge in [-0.05, 0) is 36.6 Å². The minimum Gasteiger partial charge on any atom is -0.335 e. The van der Waals surface area contributed by atoms with Crippen LogP contribution in [0.1, 0.15) is 16.7 Å². The third-order valence-corrected chi connectivity index (χ3v) is 8.29. The third-order valence-electron chi connectivity index (χ3n) is 5.96. The fraction of sp³-hybridized carbons (Fsp3) is 0.269. The maximum Gasteiger partial charge on any atom is 0.244 e. The first-order valence-corrected chi connectivity index (χ1v) is 12.9. The molecule has 3 aromatic carbocycles. The predicted molar refractivity (Wildman–Crippen MR) is 131 cm³/mol. The van der Waals surface area contributed by atoms with Crippen molar-refractivity contribution in [1.82, 2.24) is 9.21 Å². The van der Waals surface area contributed by atoms with E-state index in [0.717, 1.165) is 16.7 Å². The molecule has 0 aliphatic carbocycles. The molecule has 2 atom stereocenters. The molecule has 4 rings (SSSR count). The van der Waals surface area contributed by atoms with E-state index < -0.39 is 22.1 Å². The van der Waals surface area contributed by atoms with Crippen molar-refractivity contribution in [3.63, 3.8) is 0 Å². The first-order chi connectivity index (χ1) is 15.9. The highest BCUT2D eigenvalue weighted by Crippen LogP contribution is 2.30. The monoisotopic (exact) mass is 482 g/mol. The minimum absolute atomic E-state index is 0.0922. The number of nitrogens with zero attached hydrogens (tertiary/aromatic N) is 2. The zero-order chi connectivity index (χ0) is 23.4. The van der Waals surface area contributed by atoms with E-state index in [1.165, 1.54) is 4.31 Å². The Bertz CT molecular complexity index is 1190.